The second kappa shape index (κ2) is 5.05. The van der Waals surface area contributed by atoms with Gasteiger partial charge in [-0.3, -0.25) is 0 Å². The number of nitrogens with zero attached hydrogens (tertiary/aromatic N) is 1. The minimum absolute atomic E-state index is 0.330. The van der Waals surface area contributed by atoms with Crippen LogP contribution >= 0.6 is 15.9 Å². The first-order valence-corrected chi connectivity index (χ1v) is 6.87. The molecule has 88 valence electrons. The molecule has 0 N–H and O–H groups in total. The van der Waals surface area contributed by atoms with E-state index in [2.05, 4.69) is 20.3 Å². The van der Waals surface area contributed by atoms with Crippen molar-refractivity contribution in [2.75, 3.05) is 0 Å². The van der Waals surface area contributed by atoms with Crippen LogP contribution in [-0.4, -0.2) is 19.9 Å². The fraction of sp³-hybridized carbons (Fsp3) is 0.300. The third-order valence-corrected chi connectivity index (χ3v) is 4.12. The minimum Gasteiger partial charge on any atom is -0.206 e. The number of halogens is 2. The summed E-state index contributed by atoms with van der Waals surface area (Å²) in [4.78, 5) is 0. The fourth-order valence-electron chi connectivity index (χ4n) is 0.849. The first-order chi connectivity index (χ1) is 7.33. The third kappa shape index (κ3) is 3.38. The Morgan fingerprint density at radius 1 is 1.44 bits per heavy atom. The number of benzene rings is 1. The summed E-state index contributed by atoms with van der Waals surface area (Å²) < 4.78 is 39.6. The molecule has 0 aromatic heterocycles. The van der Waals surface area contributed by atoms with Gasteiger partial charge in [0.1, 0.15) is 5.82 Å². The molecule has 0 bridgehead atoms. The predicted molar refractivity (Wildman–Crippen MR) is 65.7 cm³/mol. The highest BCUT2D eigenvalue weighted by molar-refractivity contribution is 9.10. The summed E-state index contributed by atoms with van der Waals surface area (Å²) >= 11 is 3.01. The van der Waals surface area contributed by atoms with Crippen LogP contribution in [0.5, 0.6) is 0 Å². The van der Waals surface area contributed by atoms with Crippen molar-refractivity contribution < 1.29 is 12.8 Å². The van der Waals surface area contributed by atoms with Crippen LogP contribution in [0, 0.1) is 5.82 Å². The lowest BCUT2D eigenvalue weighted by Crippen LogP contribution is -2.10. The van der Waals surface area contributed by atoms with Gasteiger partial charge in [0, 0.05) is 6.21 Å². The molecule has 1 aromatic carbocycles. The molecule has 0 radical (unpaired) electrons. The van der Waals surface area contributed by atoms with Gasteiger partial charge in [0.05, 0.1) is 9.72 Å². The Kier molecular flexibility index (Phi) is 4.21. The van der Waals surface area contributed by atoms with Gasteiger partial charge in [-0.05, 0) is 47.5 Å². The van der Waals surface area contributed by atoms with Crippen LogP contribution in [-0.2, 0) is 10.0 Å². The lowest BCUT2D eigenvalue weighted by atomic mass is 10.2. The summed E-state index contributed by atoms with van der Waals surface area (Å²) in [5.41, 5.74) is 0.407. The Morgan fingerprint density at radius 2 is 2.06 bits per heavy atom. The zero-order valence-corrected chi connectivity index (χ0v) is 11.2. The van der Waals surface area contributed by atoms with E-state index in [1.165, 1.54) is 26.0 Å². The number of hydrogen-bond acceptors (Lipinski definition) is 2. The molecule has 0 heterocycles. The van der Waals surface area contributed by atoms with E-state index in [9.17, 15) is 12.8 Å². The summed E-state index contributed by atoms with van der Waals surface area (Å²) in [5, 5.41) is -0.580. The van der Waals surface area contributed by atoms with E-state index in [1.54, 1.807) is 6.07 Å². The highest BCUT2D eigenvalue weighted by Gasteiger charge is 2.12. The molecule has 0 atom stereocenters. The van der Waals surface area contributed by atoms with Crippen molar-refractivity contribution in [2.24, 2.45) is 4.40 Å². The van der Waals surface area contributed by atoms with Gasteiger partial charge in [-0.1, -0.05) is 6.07 Å². The van der Waals surface area contributed by atoms with Crippen molar-refractivity contribution >= 4 is 32.2 Å². The average molecular weight is 308 g/mol. The Balaban J connectivity index is 2.98. The normalized spacial score (nSPS) is 12.6. The van der Waals surface area contributed by atoms with Crippen LogP contribution in [0.2, 0.25) is 0 Å². The molecule has 0 amide bonds. The van der Waals surface area contributed by atoms with Crippen LogP contribution < -0.4 is 0 Å². The molecule has 0 spiro atoms. The number of hydrogen-bond donors (Lipinski definition) is 0. The molecular formula is C10H11BrFNO2S. The molecule has 0 saturated heterocycles. The van der Waals surface area contributed by atoms with Crippen molar-refractivity contribution in [3.8, 4) is 0 Å². The van der Waals surface area contributed by atoms with Crippen molar-refractivity contribution in [1.82, 2.24) is 0 Å². The Labute approximate surface area is 103 Å². The minimum atomic E-state index is -3.48. The van der Waals surface area contributed by atoms with Gasteiger partial charge < -0.3 is 0 Å². The molecule has 3 nitrogen and oxygen atoms in total. The van der Waals surface area contributed by atoms with E-state index in [-0.39, 0.29) is 0 Å². The van der Waals surface area contributed by atoms with Gasteiger partial charge in [-0.2, -0.15) is 4.40 Å². The van der Waals surface area contributed by atoms with E-state index < -0.39 is 21.1 Å². The standard InChI is InChI=1S/C10H11BrFNO2S/c1-7(2)16(14,15)13-6-8-3-4-9(11)10(12)5-8/h3-7H,1-2H3. The number of sulfonamides is 1. The Morgan fingerprint density at radius 3 is 2.56 bits per heavy atom. The molecule has 0 aliphatic carbocycles. The van der Waals surface area contributed by atoms with E-state index in [0.29, 0.717) is 10.0 Å². The van der Waals surface area contributed by atoms with Crippen LogP contribution in [0.25, 0.3) is 0 Å². The Bertz CT molecular complexity index is 512. The van der Waals surface area contributed by atoms with E-state index in [0.717, 1.165) is 6.21 Å². The van der Waals surface area contributed by atoms with Gasteiger partial charge in [0.15, 0.2) is 0 Å². The maximum absolute atomic E-state index is 13.1. The molecule has 0 aliphatic heterocycles. The SMILES string of the molecule is CC(C)S(=O)(=O)N=Cc1ccc(Br)c(F)c1. The molecule has 1 rings (SSSR count). The van der Waals surface area contributed by atoms with Gasteiger partial charge in [-0.25, -0.2) is 12.8 Å². The van der Waals surface area contributed by atoms with Crippen LogP contribution in [0.3, 0.4) is 0 Å². The summed E-state index contributed by atoms with van der Waals surface area (Å²) in [6.45, 7) is 3.07. The van der Waals surface area contributed by atoms with E-state index in [1.807, 2.05) is 0 Å². The fourth-order valence-corrected chi connectivity index (χ4v) is 1.61. The molecule has 1 aromatic rings. The molecular weight excluding hydrogens is 297 g/mol. The average Bonchev–Trinajstić information content (AvgIpc) is 2.20. The van der Waals surface area contributed by atoms with Gasteiger partial charge in [0.2, 0.25) is 0 Å². The monoisotopic (exact) mass is 307 g/mol. The van der Waals surface area contributed by atoms with Gasteiger partial charge >= 0.3 is 0 Å². The van der Waals surface area contributed by atoms with E-state index >= 15 is 0 Å². The lowest BCUT2D eigenvalue weighted by Gasteiger charge is -2.00. The second-order valence-electron chi connectivity index (χ2n) is 3.47. The highest BCUT2D eigenvalue weighted by atomic mass is 79.9. The molecule has 6 heteroatoms. The molecule has 0 unspecified atom stereocenters. The summed E-state index contributed by atoms with van der Waals surface area (Å²) in [6, 6.07) is 4.29. The first-order valence-electron chi connectivity index (χ1n) is 4.57. The largest absolute Gasteiger partial charge is 0.255 e. The summed E-state index contributed by atoms with van der Waals surface area (Å²) in [6.07, 6.45) is 1.14. The van der Waals surface area contributed by atoms with Crippen molar-refractivity contribution in [1.29, 1.82) is 0 Å². The molecule has 0 aliphatic rings. The topological polar surface area (TPSA) is 46.5 Å². The Hall–Kier alpha value is -0.750. The lowest BCUT2D eigenvalue weighted by molar-refractivity contribution is 0.589. The van der Waals surface area contributed by atoms with Crippen LogP contribution in [0.15, 0.2) is 27.1 Å². The second-order valence-corrected chi connectivity index (χ2v) is 6.51. The molecule has 16 heavy (non-hydrogen) atoms. The van der Waals surface area contributed by atoms with Crippen molar-refractivity contribution in [3.63, 3.8) is 0 Å². The quantitative estimate of drug-likeness (QED) is 0.806. The van der Waals surface area contributed by atoms with Crippen LogP contribution in [0.1, 0.15) is 19.4 Å². The van der Waals surface area contributed by atoms with Crippen molar-refractivity contribution in [3.05, 3.63) is 34.1 Å². The summed E-state index contributed by atoms with van der Waals surface area (Å²) in [5.74, 6) is -0.453. The first kappa shape index (κ1) is 13.3. The third-order valence-electron chi connectivity index (χ3n) is 1.89. The highest BCUT2D eigenvalue weighted by Crippen LogP contribution is 2.15. The number of rotatable bonds is 3. The van der Waals surface area contributed by atoms with Crippen LogP contribution in [0.4, 0.5) is 4.39 Å². The van der Waals surface area contributed by atoms with E-state index in [4.69, 9.17) is 0 Å². The maximum atomic E-state index is 13.1. The maximum Gasteiger partial charge on any atom is 0.255 e. The molecule has 0 saturated carbocycles. The van der Waals surface area contributed by atoms with Crippen molar-refractivity contribution in [2.45, 2.75) is 19.1 Å². The smallest absolute Gasteiger partial charge is 0.206 e. The molecule has 0 fully saturated rings. The van der Waals surface area contributed by atoms with Gasteiger partial charge in [0.25, 0.3) is 10.0 Å². The summed E-state index contributed by atoms with van der Waals surface area (Å²) in [7, 11) is -3.48. The zero-order valence-electron chi connectivity index (χ0n) is 8.81. The predicted octanol–water partition coefficient (Wildman–Crippen LogP) is 2.75. The zero-order chi connectivity index (χ0) is 12.3. The van der Waals surface area contributed by atoms with Gasteiger partial charge in [-0.15, -0.1) is 0 Å².